The van der Waals surface area contributed by atoms with E-state index in [1.165, 1.54) is 0 Å². The molecule has 0 radical (unpaired) electrons. The van der Waals surface area contributed by atoms with Crippen molar-refractivity contribution in [2.45, 2.75) is 33.8 Å². The summed E-state index contributed by atoms with van der Waals surface area (Å²) in [4.78, 5) is 22.1. The molecule has 0 aliphatic heterocycles. The van der Waals surface area contributed by atoms with E-state index in [2.05, 4.69) is 15.1 Å². The number of benzene rings is 1. The van der Waals surface area contributed by atoms with Crippen LogP contribution in [-0.4, -0.2) is 25.4 Å². The molecule has 9 nitrogen and oxygen atoms in total. The van der Waals surface area contributed by atoms with Gasteiger partial charge in [0.1, 0.15) is 34.0 Å². The molecule has 1 unspecified atom stereocenters. The summed E-state index contributed by atoms with van der Waals surface area (Å²) in [5.41, 5.74) is 10.7. The minimum atomic E-state index is -0.590. The molecule has 10 heteroatoms. The molecule has 0 aliphatic carbocycles. The van der Waals surface area contributed by atoms with Gasteiger partial charge in [-0.25, -0.2) is 9.97 Å². The number of pyridine rings is 2. The fourth-order valence-corrected chi connectivity index (χ4v) is 4.55. The van der Waals surface area contributed by atoms with Crippen molar-refractivity contribution >= 4 is 34.1 Å². The third kappa shape index (κ3) is 4.38. The number of imidazole rings is 1. The quantitative estimate of drug-likeness (QED) is 0.106. The highest BCUT2D eigenvalue weighted by Crippen LogP contribution is 2.33. The van der Waals surface area contributed by atoms with Crippen molar-refractivity contribution in [1.29, 1.82) is 0 Å². The Bertz CT molecular complexity index is 1770. The van der Waals surface area contributed by atoms with E-state index in [9.17, 15) is 4.79 Å². The lowest BCUT2D eigenvalue weighted by molar-refractivity contribution is 0.225. The van der Waals surface area contributed by atoms with Gasteiger partial charge in [0.25, 0.3) is 0 Å². The van der Waals surface area contributed by atoms with Crippen LogP contribution in [0.2, 0.25) is 5.15 Å². The van der Waals surface area contributed by atoms with Crippen LogP contribution >= 0.6 is 11.6 Å². The molecule has 5 rings (SSSR count). The van der Waals surface area contributed by atoms with Gasteiger partial charge in [-0.15, -0.1) is 0 Å². The molecule has 0 spiro atoms. The van der Waals surface area contributed by atoms with Crippen molar-refractivity contribution in [3.05, 3.63) is 92.2 Å². The van der Waals surface area contributed by atoms with E-state index in [0.717, 1.165) is 22.5 Å². The van der Waals surface area contributed by atoms with Gasteiger partial charge in [0.15, 0.2) is 17.0 Å². The summed E-state index contributed by atoms with van der Waals surface area (Å²) >= 11 is 6.00. The third-order valence-corrected chi connectivity index (χ3v) is 6.35. The second-order valence-corrected chi connectivity index (χ2v) is 9.29. The molecule has 4 heterocycles. The normalized spacial score (nSPS) is 12.8. The lowest BCUT2D eigenvalue weighted by Gasteiger charge is -2.19. The van der Waals surface area contributed by atoms with Crippen molar-refractivity contribution < 1.29 is 14.4 Å². The summed E-state index contributed by atoms with van der Waals surface area (Å²) in [7, 11) is 0. The lowest BCUT2D eigenvalue weighted by atomic mass is 10.00. The summed E-state index contributed by atoms with van der Waals surface area (Å²) in [5.74, 6) is 0.486. The molecule has 4 aromatic heterocycles. The lowest BCUT2D eigenvalue weighted by Crippen LogP contribution is -2.18. The average Bonchev–Trinajstić information content (AvgIpc) is 3.25. The summed E-state index contributed by atoms with van der Waals surface area (Å²) in [6.45, 7) is 7.40. The van der Waals surface area contributed by atoms with Gasteiger partial charge < -0.3 is 24.5 Å². The predicted molar refractivity (Wildman–Crippen MR) is 142 cm³/mol. The topological polar surface area (TPSA) is 128 Å². The molecule has 0 saturated carbocycles. The molecule has 3 N–H and O–H groups in total. The summed E-state index contributed by atoms with van der Waals surface area (Å²) in [5, 5.41) is 12.8. The highest BCUT2D eigenvalue weighted by molar-refractivity contribution is 6.29. The Morgan fingerprint density at radius 1 is 1.16 bits per heavy atom. The second-order valence-electron chi connectivity index (χ2n) is 8.91. The van der Waals surface area contributed by atoms with E-state index in [1.807, 2.05) is 61.8 Å². The van der Waals surface area contributed by atoms with Gasteiger partial charge in [-0.2, -0.15) is 0 Å². The molecule has 0 fully saturated rings. The van der Waals surface area contributed by atoms with Crippen molar-refractivity contribution in [1.82, 2.24) is 14.4 Å². The first-order valence-electron chi connectivity index (χ1n) is 11.5. The van der Waals surface area contributed by atoms with E-state index in [4.69, 9.17) is 31.7 Å². The zero-order valence-corrected chi connectivity index (χ0v) is 21.4. The van der Waals surface area contributed by atoms with Crippen LogP contribution in [0, 0.1) is 20.8 Å². The molecule has 0 aliphatic rings. The van der Waals surface area contributed by atoms with Crippen LogP contribution in [-0.2, 0) is 0 Å². The van der Waals surface area contributed by atoms with Crippen molar-refractivity contribution in [3.8, 4) is 17.1 Å². The number of hydrogen-bond donors (Lipinski definition) is 2. The number of amidine groups is 1. The molecule has 1 atom stereocenters. The van der Waals surface area contributed by atoms with Crippen LogP contribution in [0.15, 0.2) is 63.2 Å². The smallest absolute Gasteiger partial charge is 0.196 e. The van der Waals surface area contributed by atoms with E-state index in [-0.39, 0.29) is 27.9 Å². The van der Waals surface area contributed by atoms with E-state index < -0.39 is 6.10 Å². The van der Waals surface area contributed by atoms with Crippen LogP contribution in [0.3, 0.4) is 0 Å². The molecular weight excluding hydrogens is 494 g/mol. The monoisotopic (exact) mass is 517 g/mol. The zero-order valence-electron chi connectivity index (χ0n) is 20.6. The fraction of sp³-hybridized carbons (Fsp3) is 0.185. The van der Waals surface area contributed by atoms with Gasteiger partial charge in [-0.05, 0) is 69.7 Å². The largest absolute Gasteiger partial charge is 0.483 e. The Kier molecular flexibility index (Phi) is 6.08. The number of oxime groups is 1. The van der Waals surface area contributed by atoms with Gasteiger partial charge in [0.05, 0.1) is 11.1 Å². The van der Waals surface area contributed by atoms with E-state index >= 15 is 0 Å². The number of fused-ring (bicyclic) bond motifs is 2. The first kappa shape index (κ1) is 24.3. The van der Waals surface area contributed by atoms with Gasteiger partial charge in [0, 0.05) is 29.1 Å². The average molecular weight is 518 g/mol. The van der Waals surface area contributed by atoms with Crippen LogP contribution in [0.1, 0.15) is 41.1 Å². The minimum absolute atomic E-state index is 0.0979. The summed E-state index contributed by atoms with van der Waals surface area (Å²) in [6.07, 6.45) is 3.22. The number of nitrogens with two attached hydrogens (primary N) is 1. The van der Waals surface area contributed by atoms with Crippen LogP contribution in [0.25, 0.3) is 27.9 Å². The highest BCUT2D eigenvalue weighted by atomic mass is 35.5. The number of nitrogens with zero attached hydrogens (tertiary/aromatic N) is 4. The van der Waals surface area contributed by atoms with Crippen molar-refractivity contribution in [3.63, 3.8) is 0 Å². The van der Waals surface area contributed by atoms with E-state index in [1.54, 1.807) is 19.1 Å². The molecule has 0 saturated heterocycles. The standard InChI is InChI=1S/C27H24ClN5O4/c1-13-9-18(16(4)36-20-6-7-21(28)31-23(20)27(29)32-35)26-19(10-13)24(34)15(3)25(37-26)17-5-8-22-30-14(2)11-33(22)12-17/h5-12,16,35H,1-4H3,(H2,29,32). The number of aromatic nitrogens is 3. The van der Waals surface area contributed by atoms with Crippen molar-refractivity contribution in [2.24, 2.45) is 10.9 Å². The second kappa shape index (κ2) is 9.25. The maximum Gasteiger partial charge on any atom is 0.196 e. The molecule has 37 heavy (non-hydrogen) atoms. The molecule has 1 aromatic carbocycles. The predicted octanol–water partition coefficient (Wildman–Crippen LogP) is 5.32. The molecule has 0 amide bonds. The first-order chi connectivity index (χ1) is 17.7. The molecule has 188 valence electrons. The zero-order chi connectivity index (χ0) is 26.4. The van der Waals surface area contributed by atoms with Crippen LogP contribution in [0.5, 0.6) is 5.75 Å². The number of hydrogen-bond acceptors (Lipinski definition) is 7. The Morgan fingerprint density at radius 2 is 1.95 bits per heavy atom. The number of rotatable bonds is 5. The Morgan fingerprint density at radius 3 is 2.70 bits per heavy atom. The molecule has 0 bridgehead atoms. The maximum atomic E-state index is 13.5. The number of aryl methyl sites for hydroxylation is 2. The first-order valence-corrected chi connectivity index (χ1v) is 11.9. The Balaban J connectivity index is 1.66. The summed E-state index contributed by atoms with van der Waals surface area (Å²) in [6, 6.07) is 10.6. The van der Waals surface area contributed by atoms with Gasteiger partial charge >= 0.3 is 0 Å². The third-order valence-electron chi connectivity index (χ3n) is 6.14. The molecular formula is C27H24ClN5O4. The van der Waals surface area contributed by atoms with Gasteiger partial charge in [-0.1, -0.05) is 16.8 Å². The number of halogens is 1. The van der Waals surface area contributed by atoms with E-state index in [0.29, 0.717) is 27.9 Å². The van der Waals surface area contributed by atoms with Crippen molar-refractivity contribution in [2.75, 3.05) is 0 Å². The highest BCUT2D eigenvalue weighted by Gasteiger charge is 2.22. The maximum absolute atomic E-state index is 13.5. The van der Waals surface area contributed by atoms with Crippen LogP contribution in [0.4, 0.5) is 0 Å². The Labute approximate surface area is 216 Å². The van der Waals surface area contributed by atoms with Gasteiger partial charge in [0.2, 0.25) is 0 Å². The Hall–Kier alpha value is -4.37. The summed E-state index contributed by atoms with van der Waals surface area (Å²) < 4.78 is 14.5. The fourth-order valence-electron chi connectivity index (χ4n) is 4.40. The SMILES string of the molecule is Cc1cc(C(C)Oc2ccc(Cl)nc2/C(N)=N/O)c2oc(-c3ccc4nc(C)cn4c3)c(C)c(=O)c2c1. The minimum Gasteiger partial charge on any atom is -0.483 e. The molecule has 5 aromatic rings. The van der Waals surface area contributed by atoms with Gasteiger partial charge in [-0.3, -0.25) is 4.79 Å². The van der Waals surface area contributed by atoms with Crippen LogP contribution < -0.4 is 15.9 Å². The number of ether oxygens (including phenoxy) is 1.